The van der Waals surface area contributed by atoms with Gasteiger partial charge in [-0.25, -0.2) is 0 Å². The van der Waals surface area contributed by atoms with Crippen LogP contribution in [-0.2, 0) is 13.0 Å². The fourth-order valence-corrected chi connectivity index (χ4v) is 2.18. The highest BCUT2D eigenvalue weighted by Crippen LogP contribution is 2.17. The first-order chi connectivity index (χ1) is 9.56. The molecule has 1 unspecified atom stereocenters. The van der Waals surface area contributed by atoms with E-state index in [4.69, 9.17) is 10.5 Å². The molecule has 0 spiro atoms. The van der Waals surface area contributed by atoms with E-state index in [1.54, 1.807) is 6.20 Å². The second-order valence-electron chi connectivity index (χ2n) is 5.33. The van der Waals surface area contributed by atoms with Gasteiger partial charge in [-0.1, -0.05) is 18.2 Å². The summed E-state index contributed by atoms with van der Waals surface area (Å²) in [6, 6.07) is 10.3. The SMILES string of the molecule is Cc1cccc(C)c1COc1ccc(CC(C)N)nc1. The van der Waals surface area contributed by atoms with Crippen molar-refractivity contribution in [3.8, 4) is 5.75 Å². The topological polar surface area (TPSA) is 48.1 Å². The number of aryl methyl sites for hydroxylation is 2. The Balaban J connectivity index is 2.00. The second-order valence-corrected chi connectivity index (χ2v) is 5.33. The van der Waals surface area contributed by atoms with Gasteiger partial charge in [-0.2, -0.15) is 0 Å². The van der Waals surface area contributed by atoms with Crippen molar-refractivity contribution in [3.05, 3.63) is 58.9 Å². The molecule has 106 valence electrons. The molecule has 0 amide bonds. The number of ether oxygens (including phenoxy) is 1. The van der Waals surface area contributed by atoms with E-state index in [0.29, 0.717) is 6.61 Å². The van der Waals surface area contributed by atoms with E-state index in [0.717, 1.165) is 17.9 Å². The minimum absolute atomic E-state index is 0.129. The van der Waals surface area contributed by atoms with E-state index in [1.165, 1.54) is 16.7 Å². The molecule has 0 aliphatic carbocycles. The van der Waals surface area contributed by atoms with E-state index in [-0.39, 0.29) is 6.04 Å². The molecule has 0 saturated heterocycles. The van der Waals surface area contributed by atoms with E-state index in [2.05, 4.69) is 37.0 Å². The van der Waals surface area contributed by atoms with Crippen LogP contribution in [0.15, 0.2) is 36.5 Å². The molecule has 0 fully saturated rings. The molecule has 2 aromatic rings. The summed E-state index contributed by atoms with van der Waals surface area (Å²) < 4.78 is 5.82. The van der Waals surface area contributed by atoms with Crippen molar-refractivity contribution < 1.29 is 4.74 Å². The van der Waals surface area contributed by atoms with Crippen molar-refractivity contribution in [2.24, 2.45) is 5.73 Å². The number of benzene rings is 1. The Bertz CT molecular complexity index is 541. The number of rotatable bonds is 5. The number of nitrogens with zero attached hydrogens (tertiary/aromatic N) is 1. The maximum absolute atomic E-state index is 5.82. The van der Waals surface area contributed by atoms with Crippen LogP contribution < -0.4 is 10.5 Å². The molecular formula is C17H22N2O. The highest BCUT2D eigenvalue weighted by atomic mass is 16.5. The van der Waals surface area contributed by atoms with Gasteiger partial charge in [0.25, 0.3) is 0 Å². The molecule has 1 aromatic heterocycles. The zero-order chi connectivity index (χ0) is 14.5. The molecule has 1 aromatic carbocycles. The van der Waals surface area contributed by atoms with Gasteiger partial charge in [0, 0.05) is 18.2 Å². The van der Waals surface area contributed by atoms with Crippen molar-refractivity contribution in [2.75, 3.05) is 0 Å². The van der Waals surface area contributed by atoms with Gasteiger partial charge in [0.2, 0.25) is 0 Å². The molecule has 0 aliphatic heterocycles. The monoisotopic (exact) mass is 270 g/mol. The van der Waals surface area contributed by atoms with Crippen molar-refractivity contribution in [2.45, 2.75) is 39.8 Å². The first kappa shape index (κ1) is 14.5. The Morgan fingerprint density at radius 1 is 1.15 bits per heavy atom. The average Bonchev–Trinajstić information content (AvgIpc) is 2.39. The summed E-state index contributed by atoms with van der Waals surface area (Å²) in [5.41, 5.74) is 10.5. The van der Waals surface area contributed by atoms with E-state index in [9.17, 15) is 0 Å². The van der Waals surface area contributed by atoms with Crippen LogP contribution in [0, 0.1) is 13.8 Å². The van der Waals surface area contributed by atoms with Crippen LogP contribution in [0.4, 0.5) is 0 Å². The van der Waals surface area contributed by atoms with Gasteiger partial charge in [-0.05, 0) is 49.6 Å². The number of aromatic nitrogens is 1. The molecule has 0 radical (unpaired) electrons. The second kappa shape index (κ2) is 6.53. The van der Waals surface area contributed by atoms with Crippen LogP contribution in [0.25, 0.3) is 0 Å². The molecule has 2 N–H and O–H groups in total. The third kappa shape index (κ3) is 3.81. The van der Waals surface area contributed by atoms with E-state index < -0.39 is 0 Å². The smallest absolute Gasteiger partial charge is 0.138 e. The van der Waals surface area contributed by atoms with Crippen LogP contribution >= 0.6 is 0 Å². The number of pyridine rings is 1. The van der Waals surface area contributed by atoms with Crippen molar-refractivity contribution >= 4 is 0 Å². The van der Waals surface area contributed by atoms with Crippen LogP contribution in [-0.4, -0.2) is 11.0 Å². The minimum atomic E-state index is 0.129. The number of nitrogens with two attached hydrogens (primary N) is 1. The van der Waals surface area contributed by atoms with Crippen LogP contribution in [0.2, 0.25) is 0 Å². The third-order valence-electron chi connectivity index (χ3n) is 3.36. The van der Waals surface area contributed by atoms with Crippen molar-refractivity contribution in [1.29, 1.82) is 0 Å². The summed E-state index contributed by atoms with van der Waals surface area (Å²) >= 11 is 0. The molecule has 2 rings (SSSR count). The Morgan fingerprint density at radius 2 is 1.85 bits per heavy atom. The molecule has 20 heavy (non-hydrogen) atoms. The predicted octanol–water partition coefficient (Wildman–Crippen LogP) is 3.17. The Hall–Kier alpha value is -1.87. The maximum atomic E-state index is 5.82. The third-order valence-corrected chi connectivity index (χ3v) is 3.36. The van der Waals surface area contributed by atoms with Gasteiger partial charge in [0.05, 0.1) is 6.20 Å². The first-order valence-corrected chi connectivity index (χ1v) is 6.94. The van der Waals surface area contributed by atoms with Gasteiger partial charge < -0.3 is 10.5 Å². The van der Waals surface area contributed by atoms with Crippen LogP contribution in [0.5, 0.6) is 5.75 Å². The highest BCUT2D eigenvalue weighted by molar-refractivity contribution is 5.33. The molecule has 0 aliphatic rings. The number of hydrogen-bond acceptors (Lipinski definition) is 3. The fraction of sp³-hybridized carbons (Fsp3) is 0.353. The molecule has 1 heterocycles. The highest BCUT2D eigenvalue weighted by Gasteiger charge is 2.04. The van der Waals surface area contributed by atoms with Crippen LogP contribution in [0.3, 0.4) is 0 Å². The average molecular weight is 270 g/mol. The predicted molar refractivity (Wildman–Crippen MR) is 81.8 cm³/mol. The summed E-state index contributed by atoms with van der Waals surface area (Å²) in [7, 11) is 0. The quantitative estimate of drug-likeness (QED) is 0.907. The van der Waals surface area contributed by atoms with Gasteiger partial charge in [-0.3, -0.25) is 4.98 Å². The normalized spacial score (nSPS) is 12.2. The molecule has 3 nitrogen and oxygen atoms in total. The van der Waals surface area contributed by atoms with Gasteiger partial charge in [0.1, 0.15) is 12.4 Å². The molecule has 1 atom stereocenters. The summed E-state index contributed by atoms with van der Waals surface area (Å²) in [4.78, 5) is 4.37. The Morgan fingerprint density at radius 3 is 2.40 bits per heavy atom. The largest absolute Gasteiger partial charge is 0.487 e. The van der Waals surface area contributed by atoms with E-state index >= 15 is 0 Å². The lowest BCUT2D eigenvalue weighted by molar-refractivity contribution is 0.303. The number of hydrogen-bond donors (Lipinski definition) is 1. The Labute approximate surface area is 120 Å². The molecule has 0 saturated carbocycles. The van der Waals surface area contributed by atoms with E-state index in [1.807, 2.05) is 19.1 Å². The first-order valence-electron chi connectivity index (χ1n) is 6.94. The lowest BCUT2D eigenvalue weighted by Gasteiger charge is -2.11. The summed E-state index contributed by atoms with van der Waals surface area (Å²) in [6.07, 6.45) is 2.56. The summed E-state index contributed by atoms with van der Waals surface area (Å²) in [6.45, 7) is 6.77. The van der Waals surface area contributed by atoms with Crippen molar-refractivity contribution in [3.63, 3.8) is 0 Å². The molecular weight excluding hydrogens is 248 g/mol. The molecule has 0 bridgehead atoms. The summed E-state index contributed by atoms with van der Waals surface area (Å²) in [5.74, 6) is 0.793. The van der Waals surface area contributed by atoms with Crippen molar-refractivity contribution in [1.82, 2.24) is 4.98 Å². The lowest BCUT2D eigenvalue weighted by atomic mass is 10.0. The van der Waals surface area contributed by atoms with Gasteiger partial charge >= 0.3 is 0 Å². The Kier molecular flexibility index (Phi) is 4.74. The fourth-order valence-electron chi connectivity index (χ4n) is 2.18. The zero-order valence-corrected chi connectivity index (χ0v) is 12.4. The summed E-state index contributed by atoms with van der Waals surface area (Å²) in [5, 5.41) is 0. The van der Waals surface area contributed by atoms with Gasteiger partial charge in [0.15, 0.2) is 0 Å². The lowest BCUT2D eigenvalue weighted by Crippen LogP contribution is -2.18. The van der Waals surface area contributed by atoms with Crippen LogP contribution in [0.1, 0.15) is 29.3 Å². The minimum Gasteiger partial charge on any atom is -0.487 e. The van der Waals surface area contributed by atoms with Gasteiger partial charge in [-0.15, -0.1) is 0 Å². The molecule has 3 heteroatoms. The zero-order valence-electron chi connectivity index (χ0n) is 12.4. The maximum Gasteiger partial charge on any atom is 0.138 e. The standard InChI is InChI=1S/C17H22N2O/c1-12-5-4-6-13(2)17(12)11-20-16-8-7-15(19-10-16)9-14(3)18/h4-8,10,14H,9,11,18H2,1-3H3.